The second kappa shape index (κ2) is 11.2. The van der Waals surface area contributed by atoms with Crippen LogP contribution in [0.4, 0.5) is 14.5 Å². The zero-order chi connectivity index (χ0) is 30.7. The smallest absolute Gasteiger partial charge is 0.255 e. The lowest BCUT2D eigenvalue weighted by atomic mass is 9.69. The third kappa shape index (κ3) is 5.46. The number of rotatable bonds is 8. The number of benzene rings is 2. The van der Waals surface area contributed by atoms with Gasteiger partial charge in [-0.25, -0.2) is 17.2 Å². The minimum absolute atomic E-state index is 0.0124. The molecule has 0 saturated heterocycles. The maximum atomic E-state index is 13.9. The van der Waals surface area contributed by atoms with Crippen LogP contribution in [0.3, 0.4) is 0 Å². The standard InChI is InChI=1S/C31H31ClF2N2O6S/c32-22-10-6-17(30(39)35-20-9-11-23(33)24(34)15-20)12-27(22)43(41,42)21-13-18-7-8-19(14-21)31(18,40)29(38)28(37)26-3-1-2-25(36-26)16-4-5-16/h1-3,6,9-12,15-16,18-19,21,28-29,37-38,40H,4-5,7-8,13-14H2,(H,35,39)/t18-,19?,21-,28?,29?,31-/m0/s1. The van der Waals surface area contributed by atoms with Crippen LogP contribution in [0.2, 0.25) is 5.02 Å². The van der Waals surface area contributed by atoms with Crippen LogP contribution in [0.5, 0.6) is 0 Å². The average Bonchev–Trinajstić information content (AvgIpc) is 3.82. The second-order valence-electron chi connectivity index (χ2n) is 11.9. The number of hydrogen-bond acceptors (Lipinski definition) is 7. The zero-order valence-corrected chi connectivity index (χ0v) is 24.5. The third-order valence-corrected chi connectivity index (χ3v) is 11.9. The number of aromatic nitrogens is 1. The van der Waals surface area contributed by atoms with E-state index in [1.165, 1.54) is 18.2 Å². The summed E-state index contributed by atoms with van der Waals surface area (Å²) < 4.78 is 54.6. The largest absolute Gasteiger partial charge is 0.387 e. The van der Waals surface area contributed by atoms with E-state index in [0.29, 0.717) is 18.8 Å². The minimum Gasteiger partial charge on any atom is -0.387 e. The van der Waals surface area contributed by atoms with Crippen LogP contribution in [0.1, 0.15) is 72.3 Å². The van der Waals surface area contributed by atoms with E-state index in [4.69, 9.17) is 11.6 Å². The van der Waals surface area contributed by atoms with Crippen molar-refractivity contribution < 1.29 is 37.3 Å². The van der Waals surface area contributed by atoms with E-state index < -0.39 is 62.3 Å². The molecule has 3 saturated carbocycles. The highest BCUT2D eigenvalue weighted by molar-refractivity contribution is 7.92. The summed E-state index contributed by atoms with van der Waals surface area (Å²) in [6.07, 6.45) is 0.0116. The number of nitrogens with one attached hydrogen (secondary N) is 1. The molecule has 0 radical (unpaired) electrons. The lowest BCUT2D eigenvalue weighted by molar-refractivity contribution is -0.178. The Morgan fingerprint density at radius 1 is 0.977 bits per heavy atom. The number of hydrogen-bond donors (Lipinski definition) is 4. The van der Waals surface area contributed by atoms with Crippen LogP contribution >= 0.6 is 11.6 Å². The molecule has 2 bridgehead atoms. The molecule has 6 rings (SSSR count). The fraction of sp³-hybridized carbons (Fsp3) is 0.419. The minimum atomic E-state index is -4.11. The third-order valence-electron chi connectivity index (χ3n) is 9.25. The lowest BCUT2D eigenvalue weighted by Gasteiger charge is -2.46. The van der Waals surface area contributed by atoms with Gasteiger partial charge in [0, 0.05) is 28.9 Å². The summed E-state index contributed by atoms with van der Waals surface area (Å²) in [6.45, 7) is 0. The van der Waals surface area contributed by atoms with E-state index in [-0.39, 0.29) is 39.7 Å². The van der Waals surface area contributed by atoms with Crippen molar-refractivity contribution in [1.82, 2.24) is 4.98 Å². The van der Waals surface area contributed by atoms with Crippen molar-refractivity contribution in [2.75, 3.05) is 5.32 Å². The molecule has 228 valence electrons. The van der Waals surface area contributed by atoms with Gasteiger partial charge in [0.15, 0.2) is 21.5 Å². The maximum absolute atomic E-state index is 13.9. The van der Waals surface area contributed by atoms with Crippen molar-refractivity contribution >= 4 is 33.0 Å². The van der Waals surface area contributed by atoms with Crippen LogP contribution in [0.15, 0.2) is 59.5 Å². The highest BCUT2D eigenvalue weighted by Gasteiger charge is 2.60. The Kier molecular flexibility index (Phi) is 7.83. The number of amides is 1. The molecule has 2 aromatic carbocycles. The van der Waals surface area contributed by atoms with Crippen molar-refractivity contribution in [2.24, 2.45) is 11.8 Å². The number of aliphatic hydroxyl groups excluding tert-OH is 2. The molecule has 3 aromatic rings. The molecule has 0 spiro atoms. The maximum Gasteiger partial charge on any atom is 0.255 e. The summed E-state index contributed by atoms with van der Waals surface area (Å²) in [5, 5.41) is 35.5. The lowest BCUT2D eigenvalue weighted by Crippen LogP contribution is -2.57. The zero-order valence-electron chi connectivity index (χ0n) is 23.0. The number of carbonyl (C=O) groups excluding carboxylic acids is 1. The number of halogens is 3. The van der Waals surface area contributed by atoms with Gasteiger partial charge in [-0.15, -0.1) is 0 Å². The number of carbonyl (C=O) groups is 1. The number of pyridine rings is 1. The number of anilines is 1. The van der Waals surface area contributed by atoms with E-state index in [2.05, 4.69) is 10.3 Å². The molecule has 8 nitrogen and oxygen atoms in total. The summed E-state index contributed by atoms with van der Waals surface area (Å²) in [7, 11) is -4.11. The SMILES string of the molecule is O=C(Nc1ccc(F)c(F)c1)c1ccc(Cl)c(S(=O)(=O)[C@@H]2CC3CC[C@@H](C2)[C@@]3(O)C(O)C(O)c2cccc(C3CC3)n2)c1. The Morgan fingerprint density at radius 3 is 2.33 bits per heavy atom. The van der Waals surface area contributed by atoms with Crippen LogP contribution < -0.4 is 5.32 Å². The molecule has 0 aliphatic heterocycles. The molecular formula is C31H31ClF2N2O6S. The molecule has 3 fully saturated rings. The van der Waals surface area contributed by atoms with Crippen molar-refractivity contribution in [3.8, 4) is 0 Å². The molecule has 1 heterocycles. The molecule has 12 heteroatoms. The van der Waals surface area contributed by atoms with Gasteiger partial charge in [-0.1, -0.05) is 17.7 Å². The van der Waals surface area contributed by atoms with E-state index in [0.717, 1.165) is 36.7 Å². The highest BCUT2D eigenvalue weighted by Crippen LogP contribution is 2.55. The van der Waals surface area contributed by atoms with E-state index in [1.807, 2.05) is 6.07 Å². The summed E-state index contributed by atoms with van der Waals surface area (Å²) in [5.41, 5.74) is -0.668. The normalized spacial score (nSPS) is 26.6. The van der Waals surface area contributed by atoms with Gasteiger partial charge in [0.05, 0.1) is 26.5 Å². The van der Waals surface area contributed by atoms with Gasteiger partial charge in [-0.3, -0.25) is 9.78 Å². The molecule has 4 N–H and O–H groups in total. The number of nitrogens with zero attached hydrogens (tertiary/aromatic N) is 1. The number of fused-ring (bicyclic) bond motifs is 2. The summed E-state index contributed by atoms with van der Waals surface area (Å²) in [5.74, 6) is -3.85. The van der Waals surface area contributed by atoms with Gasteiger partial charge < -0.3 is 20.6 Å². The van der Waals surface area contributed by atoms with Gasteiger partial charge in [-0.2, -0.15) is 0 Å². The van der Waals surface area contributed by atoms with Crippen molar-refractivity contribution in [3.63, 3.8) is 0 Å². The first-order valence-electron chi connectivity index (χ1n) is 14.2. The molecule has 3 unspecified atom stereocenters. The van der Waals surface area contributed by atoms with Crippen molar-refractivity contribution in [3.05, 3.63) is 88.2 Å². The molecular weight excluding hydrogens is 602 g/mol. The molecule has 3 aliphatic rings. The first-order valence-corrected chi connectivity index (χ1v) is 16.2. The first kappa shape index (κ1) is 30.1. The van der Waals surface area contributed by atoms with Gasteiger partial charge >= 0.3 is 0 Å². The Hall–Kier alpha value is -2.96. The first-order chi connectivity index (χ1) is 20.4. The predicted molar refractivity (Wildman–Crippen MR) is 154 cm³/mol. The van der Waals surface area contributed by atoms with Crippen LogP contribution in [0.25, 0.3) is 0 Å². The molecule has 1 aromatic heterocycles. The monoisotopic (exact) mass is 632 g/mol. The van der Waals surface area contributed by atoms with Gasteiger partial charge in [-0.05, 0) is 92.8 Å². The quantitative estimate of drug-likeness (QED) is 0.276. The molecule has 6 atom stereocenters. The van der Waals surface area contributed by atoms with E-state index >= 15 is 0 Å². The van der Waals surface area contributed by atoms with Crippen molar-refractivity contribution in [2.45, 2.75) is 72.4 Å². The van der Waals surface area contributed by atoms with Gasteiger partial charge in [0.2, 0.25) is 0 Å². The Morgan fingerprint density at radius 2 is 1.67 bits per heavy atom. The summed E-state index contributed by atoms with van der Waals surface area (Å²) in [4.78, 5) is 17.1. The second-order valence-corrected chi connectivity index (χ2v) is 14.5. The summed E-state index contributed by atoms with van der Waals surface area (Å²) in [6, 6.07) is 11.9. The Labute approximate surface area is 252 Å². The van der Waals surface area contributed by atoms with Crippen LogP contribution in [-0.4, -0.2) is 51.6 Å². The number of sulfone groups is 1. The van der Waals surface area contributed by atoms with Crippen LogP contribution in [-0.2, 0) is 9.84 Å². The number of aliphatic hydroxyl groups is 3. The van der Waals surface area contributed by atoms with Crippen molar-refractivity contribution in [1.29, 1.82) is 0 Å². The Balaban J connectivity index is 1.21. The van der Waals surface area contributed by atoms with E-state index in [9.17, 15) is 37.3 Å². The molecule has 1 amide bonds. The summed E-state index contributed by atoms with van der Waals surface area (Å²) >= 11 is 6.32. The molecule has 3 aliphatic carbocycles. The highest BCUT2D eigenvalue weighted by atomic mass is 35.5. The molecule has 43 heavy (non-hydrogen) atoms. The Bertz CT molecular complexity index is 1670. The van der Waals surface area contributed by atoms with E-state index in [1.54, 1.807) is 12.1 Å². The topological polar surface area (TPSA) is 137 Å². The van der Waals surface area contributed by atoms with Gasteiger partial charge in [0.25, 0.3) is 5.91 Å². The van der Waals surface area contributed by atoms with Gasteiger partial charge in [0.1, 0.15) is 12.2 Å². The average molecular weight is 633 g/mol. The fourth-order valence-corrected chi connectivity index (χ4v) is 9.15. The fourth-order valence-electron chi connectivity index (χ4n) is 6.75. The predicted octanol–water partition coefficient (Wildman–Crippen LogP) is 4.93. The van der Waals surface area contributed by atoms with Crippen LogP contribution in [0, 0.1) is 23.5 Å².